The number of rotatable bonds is 2. The minimum atomic E-state index is -1.45. The fourth-order valence-electron chi connectivity index (χ4n) is 1.49. The number of carbonyl (C=O) groups excluding carboxylic acids is 1. The highest BCUT2D eigenvalue weighted by Gasteiger charge is 2.15. The van der Waals surface area contributed by atoms with Gasteiger partial charge in [0, 0.05) is 17.7 Å². The molecule has 6 heteroatoms. The van der Waals surface area contributed by atoms with Gasteiger partial charge in [0.1, 0.15) is 22.8 Å². The molecule has 0 heterocycles. The predicted octanol–water partition coefficient (Wildman–Crippen LogP) is 2.39. The monoisotopic (exact) mass is 290 g/mol. The van der Waals surface area contributed by atoms with Crippen LogP contribution in [0.15, 0.2) is 42.5 Å². The Bertz CT molecular complexity index is 625. The van der Waals surface area contributed by atoms with E-state index in [4.69, 9.17) is 20.4 Å². The highest BCUT2D eigenvalue weighted by molar-refractivity contribution is 5.94. The first kappa shape index (κ1) is 16.0. The number of carbonyl (C=O) groups is 2. The maximum Gasteiger partial charge on any atom is 0.343 e. The lowest BCUT2D eigenvalue weighted by molar-refractivity contribution is 0.0690. The van der Waals surface area contributed by atoms with E-state index in [2.05, 4.69) is 0 Å². The van der Waals surface area contributed by atoms with Crippen LogP contribution in [0.2, 0.25) is 0 Å². The Kier molecular flexibility index (Phi) is 5.31. The molecule has 2 aromatic rings. The van der Waals surface area contributed by atoms with Gasteiger partial charge in [-0.25, -0.2) is 4.79 Å². The number of hydrogen-bond acceptors (Lipinski definition) is 5. The third kappa shape index (κ3) is 4.54. The summed E-state index contributed by atoms with van der Waals surface area (Å²) in [6, 6.07) is 10.9. The maximum absolute atomic E-state index is 10.6. The largest absolute Gasteiger partial charge is 0.508 e. The average molecular weight is 290 g/mol. The first-order valence-corrected chi connectivity index (χ1v) is 5.87. The number of Topliss-reactive ketones (excluding diaryl/α,β-unsaturated/α-hetero) is 1. The molecule has 0 radical (unpaired) electrons. The molecule has 0 saturated carbocycles. The summed E-state index contributed by atoms with van der Waals surface area (Å²) < 4.78 is 0. The number of carboxylic acids is 1. The number of aromatic hydroxyl groups is 3. The zero-order chi connectivity index (χ0) is 16.0. The van der Waals surface area contributed by atoms with Crippen molar-refractivity contribution in [1.82, 2.24) is 0 Å². The summed E-state index contributed by atoms with van der Waals surface area (Å²) in [6.07, 6.45) is 0. The van der Waals surface area contributed by atoms with E-state index >= 15 is 0 Å². The second-order valence-corrected chi connectivity index (χ2v) is 4.09. The highest BCUT2D eigenvalue weighted by atomic mass is 16.4. The normalized spacial score (nSPS) is 9.38. The van der Waals surface area contributed by atoms with Crippen LogP contribution < -0.4 is 0 Å². The van der Waals surface area contributed by atoms with Gasteiger partial charge in [-0.2, -0.15) is 0 Å². The molecule has 0 spiro atoms. The van der Waals surface area contributed by atoms with Crippen LogP contribution in [-0.4, -0.2) is 32.2 Å². The predicted molar refractivity (Wildman–Crippen MR) is 74.8 cm³/mol. The fourth-order valence-corrected chi connectivity index (χ4v) is 1.49. The van der Waals surface area contributed by atoms with Crippen LogP contribution in [0, 0.1) is 0 Å². The van der Waals surface area contributed by atoms with Crippen molar-refractivity contribution in [2.24, 2.45) is 0 Å². The number of hydrogen-bond donors (Lipinski definition) is 4. The summed E-state index contributed by atoms with van der Waals surface area (Å²) in [5.74, 6) is -3.06. The third-order valence-corrected chi connectivity index (χ3v) is 2.48. The van der Waals surface area contributed by atoms with E-state index in [0.717, 1.165) is 17.7 Å². The van der Waals surface area contributed by atoms with Gasteiger partial charge >= 0.3 is 5.97 Å². The summed E-state index contributed by atoms with van der Waals surface area (Å²) in [6.45, 7) is 1.56. The van der Waals surface area contributed by atoms with Gasteiger partial charge in [0.15, 0.2) is 5.78 Å². The van der Waals surface area contributed by atoms with Gasteiger partial charge in [-0.05, 0) is 6.92 Å². The Morgan fingerprint density at radius 3 is 1.71 bits per heavy atom. The van der Waals surface area contributed by atoms with Gasteiger partial charge in [-0.3, -0.25) is 4.79 Å². The van der Waals surface area contributed by atoms with Gasteiger partial charge in [0.25, 0.3) is 0 Å². The number of phenolic OH excluding ortho intramolecular Hbond substituents is 1. The van der Waals surface area contributed by atoms with E-state index in [9.17, 15) is 9.59 Å². The summed E-state index contributed by atoms with van der Waals surface area (Å²) in [5.41, 5.74) is 0.158. The first-order valence-electron chi connectivity index (χ1n) is 5.87. The van der Waals surface area contributed by atoms with E-state index in [1.54, 1.807) is 6.92 Å². The number of carboxylic acid groups (broad SMARTS) is 1. The lowest BCUT2D eigenvalue weighted by atomic mass is 10.1. The minimum absolute atomic E-state index is 0.121. The van der Waals surface area contributed by atoms with Crippen molar-refractivity contribution in [2.75, 3.05) is 0 Å². The molecule has 0 unspecified atom stereocenters. The van der Waals surface area contributed by atoms with E-state index in [1.165, 1.54) is 0 Å². The molecule has 2 aromatic carbocycles. The van der Waals surface area contributed by atoms with Crippen molar-refractivity contribution in [3.05, 3.63) is 53.6 Å². The van der Waals surface area contributed by atoms with Crippen LogP contribution in [0.5, 0.6) is 17.2 Å². The van der Waals surface area contributed by atoms with Gasteiger partial charge in [0.05, 0.1) is 0 Å². The molecule has 0 amide bonds. The van der Waals surface area contributed by atoms with Crippen molar-refractivity contribution in [1.29, 1.82) is 0 Å². The molecular formula is C15H14O6. The van der Waals surface area contributed by atoms with Crippen LogP contribution in [0.25, 0.3) is 0 Å². The van der Waals surface area contributed by atoms with Crippen LogP contribution >= 0.6 is 0 Å². The Morgan fingerprint density at radius 2 is 1.38 bits per heavy atom. The van der Waals surface area contributed by atoms with E-state index in [0.29, 0.717) is 0 Å². The van der Waals surface area contributed by atoms with Crippen LogP contribution in [0.4, 0.5) is 0 Å². The second-order valence-electron chi connectivity index (χ2n) is 4.09. The van der Waals surface area contributed by atoms with Crippen molar-refractivity contribution >= 4 is 11.8 Å². The summed E-state index contributed by atoms with van der Waals surface area (Å²) in [7, 11) is 0. The van der Waals surface area contributed by atoms with Crippen LogP contribution in [0.1, 0.15) is 27.6 Å². The summed E-state index contributed by atoms with van der Waals surface area (Å²) in [5, 5.41) is 35.1. The molecule has 0 saturated heterocycles. The molecule has 2 rings (SSSR count). The minimum Gasteiger partial charge on any atom is -0.508 e. The molecule has 4 N–H and O–H groups in total. The Balaban J connectivity index is 0.000000219. The number of ketones is 1. The first-order chi connectivity index (χ1) is 9.82. The topological polar surface area (TPSA) is 115 Å². The molecule has 6 nitrogen and oxygen atoms in total. The molecular weight excluding hydrogens is 276 g/mol. The smallest absolute Gasteiger partial charge is 0.343 e. The van der Waals surface area contributed by atoms with Gasteiger partial charge in [-0.15, -0.1) is 0 Å². The van der Waals surface area contributed by atoms with Crippen molar-refractivity contribution in [2.45, 2.75) is 6.92 Å². The van der Waals surface area contributed by atoms with Gasteiger partial charge < -0.3 is 20.4 Å². The lowest BCUT2D eigenvalue weighted by Gasteiger charge is -2.02. The number of aromatic carboxylic acids is 1. The van der Waals surface area contributed by atoms with Gasteiger partial charge in [0.2, 0.25) is 0 Å². The second kappa shape index (κ2) is 6.95. The van der Waals surface area contributed by atoms with Crippen LogP contribution in [-0.2, 0) is 0 Å². The zero-order valence-electron chi connectivity index (χ0n) is 11.1. The molecule has 0 aliphatic rings. The molecule has 0 aliphatic heterocycles. The molecule has 110 valence electrons. The zero-order valence-corrected chi connectivity index (χ0v) is 11.1. The third-order valence-electron chi connectivity index (χ3n) is 2.48. The Morgan fingerprint density at radius 1 is 0.905 bits per heavy atom. The molecule has 0 aromatic heterocycles. The summed E-state index contributed by atoms with van der Waals surface area (Å²) >= 11 is 0. The average Bonchev–Trinajstić information content (AvgIpc) is 2.38. The Labute approximate surface area is 120 Å². The molecule has 0 aliphatic carbocycles. The number of benzene rings is 2. The molecule has 0 atom stereocenters. The van der Waals surface area contributed by atoms with Crippen molar-refractivity contribution in [3.63, 3.8) is 0 Å². The lowest BCUT2D eigenvalue weighted by Crippen LogP contribution is -1.96. The molecule has 0 fully saturated rings. The van der Waals surface area contributed by atoms with E-state index < -0.39 is 28.8 Å². The standard InChI is InChI=1S/C8H8O.C7H6O5/c1-7(9)8-5-3-2-4-6-8;8-3-1-4(9)6(7(11)12)5(10)2-3/h2-6H,1H3;1-2,8-10H,(H,11,12). The Hall–Kier alpha value is -3.02. The maximum atomic E-state index is 10.6. The van der Waals surface area contributed by atoms with E-state index in [-0.39, 0.29) is 5.78 Å². The van der Waals surface area contributed by atoms with Crippen molar-refractivity contribution < 1.29 is 30.0 Å². The van der Waals surface area contributed by atoms with Crippen LogP contribution in [0.3, 0.4) is 0 Å². The quantitative estimate of drug-likeness (QED) is 0.631. The molecule has 0 bridgehead atoms. The number of phenols is 3. The molecule has 21 heavy (non-hydrogen) atoms. The SMILES string of the molecule is CC(=O)c1ccccc1.O=C(O)c1c(O)cc(O)cc1O. The van der Waals surface area contributed by atoms with Gasteiger partial charge in [-0.1, -0.05) is 30.3 Å². The highest BCUT2D eigenvalue weighted by Crippen LogP contribution is 2.31. The van der Waals surface area contributed by atoms with Crippen molar-refractivity contribution in [3.8, 4) is 17.2 Å². The summed E-state index contributed by atoms with van der Waals surface area (Å²) in [4.78, 5) is 21.0. The fraction of sp³-hybridized carbons (Fsp3) is 0.0667. The van der Waals surface area contributed by atoms with E-state index in [1.807, 2.05) is 30.3 Å².